The Bertz CT molecular complexity index is 1440. The van der Waals surface area contributed by atoms with Crippen molar-refractivity contribution in [3.05, 3.63) is 64.7 Å². The highest BCUT2D eigenvalue weighted by molar-refractivity contribution is 6.20. The number of nitrogens with one attached hydrogen (secondary N) is 1. The highest BCUT2D eigenvalue weighted by atomic mass is 16.7. The van der Waals surface area contributed by atoms with Gasteiger partial charge in [-0.3, -0.25) is 29.3 Å². The second-order valence-electron chi connectivity index (χ2n) is 12.8. The van der Waals surface area contributed by atoms with Gasteiger partial charge in [0.25, 0.3) is 11.8 Å². The van der Waals surface area contributed by atoms with Crippen LogP contribution >= 0.6 is 0 Å². The van der Waals surface area contributed by atoms with E-state index in [1.807, 2.05) is 39.0 Å². The van der Waals surface area contributed by atoms with E-state index < -0.39 is 17.4 Å². The standard InChI is InChI=1S/C34H42N4O7/c1-22(39)35-33(36-26-12-9-23(10-13-26)19-30(40)45-34(2,3)4)37-16-15-24-20-27(14-11-25(24)21-37)43-17-18-44-38-31(41)28-7-5-6-8-29(28)32(38)42/h5-8,11,14,20,23,26H,9-10,12-13,15-19,21H2,1-4H3,(H,35,36,39). The van der Waals surface area contributed by atoms with E-state index in [-0.39, 0.29) is 31.1 Å². The molecule has 1 saturated carbocycles. The number of fused-ring (bicyclic) bond motifs is 2. The molecule has 240 valence electrons. The second-order valence-corrected chi connectivity index (χ2v) is 12.8. The van der Waals surface area contributed by atoms with E-state index in [0.717, 1.165) is 48.3 Å². The SMILES string of the molecule is CC(=O)NC(=NC1CCC(CC(=O)OC(C)(C)C)CC1)N1CCc2cc(OCCON3C(=O)c4ccccc4C3=O)ccc2C1. The first kappa shape index (κ1) is 32.2. The number of aliphatic imine (C=N–C) groups is 1. The van der Waals surface area contributed by atoms with Crippen LogP contribution in [0, 0.1) is 5.92 Å². The molecule has 0 saturated heterocycles. The maximum absolute atomic E-state index is 12.5. The lowest BCUT2D eigenvalue weighted by atomic mass is 9.84. The number of ether oxygens (including phenoxy) is 2. The number of guanidine groups is 1. The third kappa shape index (κ3) is 8.27. The fourth-order valence-electron chi connectivity index (χ4n) is 5.99. The number of carbonyl (C=O) groups is 4. The van der Waals surface area contributed by atoms with Gasteiger partial charge in [0.05, 0.1) is 17.2 Å². The summed E-state index contributed by atoms with van der Waals surface area (Å²) >= 11 is 0. The molecule has 1 aliphatic carbocycles. The van der Waals surface area contributed by atoms with Crippen molar-refractivity contribution in [2.45, 2.75) is 84.4 Å². The molecular weight excluding hydrogens is 576 g/mol. The molecule has 2 aromatic carbocycles. The van der Waals surface area contributed by atoms with Gasteiger partial charge < -0.3 is 14.4 Å². The molecule has 5 rings (SSSR count). The van der Waals surface area contributed by atoms with Gasteiger partial charge in [-0.25, -0.2) is 4.99 Å². The van der Waals surface area contributed by atoms with E-state index in [1.54, 1.807) is 24.3 Å². The molecular formula is C34H42N4O7. The Kier molecular flexibility index (Phi) is 9.86. The van der Waals surface area contributed by atoms with Gasteiger partial charge in [0.15, 0.2) is 0 Å². The summed E-state index contributed by atoms with van der Waals surface area (Å²) in [6.45, 7) is 8.63. The van der Waals surface area contributed by atoms with Gasteiger partial charge in [0.1, 0.15) is 24.6 Å². The first-order chi connectivity index (χ1) is 21.5. The first-order valence-corrected chi connectivity index (χ1v) is 15.6. The van der Waals surface area contributed by atoms with E-state index in [1.165, 1.54) is 6.92 Å². The number of esters is 1. The van der Waals surface area contributed by atoms with Crippen molar-refractivity contribution in [2.75, 3.05) is 19.8 Å². The fraction of sp³-hybridized carbons (Fsp3) is 0.500. The maximum atomic E-state index is 12.5. The molecule has 2 aliphatic heterocycles. The van der Waals surface area contributed by atoms with Crippen LogP contribution < -0.4 is 10.1 Å². The molecule has 11 heteroatoms. The van der Waals surface area contributed by atoms with Crippen LogP contribution in [0.25, 0.3) is 0 Å². The van der Waals surface area contributed by atoms with Crippen LogP contribution in [0.3, 0.4) is 0 Å². The highest BCUT2D eigenvalue weighted by Crippen LogP contribution is 2.30. The number of hydrogen-bond donors (Lipinski definition) is 1. The van der Waals surface area contributed by atoms with Crippen molar-refractivity contribution >= 4 is 29.7 Å². The largest absolute Gasteiger partial charge is 0.491 e. The van der Waals surface area contributed by atoms with Gasteiger partial charge in [0, 0.05) is 26.4 Å². The highest BCUT2D eigenvalue weighted by Gasteiger charge is 2.36. The smallest absolute Gasteiger partial charge is 0.306 e. The summed E-state index contributed by atoms with van der Waals surface area (Å²) in [7, 11) is 0. The number of carbonyl (C=O) groups excluding carboxylic acids is 4. The number of rotatable bonds is 8. The zero-order valence-electron chi connectivity index (χ0n) is 26.5. The van der Waals surface area contributed by atoms with Crippen LogP contribution in [0.5, 0.6) is 5.75 Å². The summed E-state index contributed by atoms with van der Waals surface area (Å²) in [5.41, 5.74) is 2.46. The van der Waals surface area contributed by atoms with Gasteiger partial charge in [-0.1, -0.05) is 18.2 Å². The minimum Gasteiger partial charge on any atom is -0.491 e. The molecule has 0 bridgehead atoms. The van der Waals surface area contributed by atoms with E-state index in [0.29, 0.717) is 48.3 Å². The summed E-state index contributed by atoms with van der Waals surface area (Å²) in [5.74, 6) is 0.307. The lowest BCUT2D eigenvalue weighted by molar-refractivity contribution is -0.156. The van der Waals surface area contributed by atoms with Crippen molar-refractivity contribution < 1.29 is 33.5 Å². The quantitative estimate of drug-likeness (QED) is 0.151. The third-order valence-electron chi connectivity index (χ3n) is 8.10. The molecule has 0 atom stereocenters. The van der Waals surface area contributed by atoms with Gasteiger partial charge in [-0.2, -0.15) is 0 Å². The normalized spacial score (nSPS) is 20.0. The van der Waals surface area contributed by atoms with E-state index in [4.69, 9.17) is 19.3 Å². The van der Waals surface area contributed by atoms with Crippen LogP contribution in [0.2, 0.25) is 0 Å². The van der Waals surface area contributed by atoms with Gasteiger partial charge >= 0.3 is 5.97 Å². The predicted octanol–water partition coefficient (Wildman–Crippen LogP) is 4.43. The zero-order chi connectivity index (χ0) is 32.1. The topological polar surface area (TPSA) is 127 Å². The van der Waals surface area contributed by atoms with Crippen molar-refractivity contribution in [3.8, 4) is 5.75 Å². The Hall–Kier alpha value is -4.25. The molecule has 1 fully saturated rings. The van der Waals surface area contributed by atoms with E-state index in [9.17, 15) is 19.2 Å². The number of hydroxylamine groups is 2. The van der Waals surface area contributed by atoms with Crippen molar-refractivity contribution in [1.82, 2.24) is 15.3 Å². The molecule has 2 heterocycles. The number of hydrogen-bond acceptors (Lipinski definition) is 8. The zero-order valence-corrected chi connectivity index (χ0v) is 26.5. The molecule has 0 radical (unpaired) electrons. The minimum absolute atomic E-state index is 0.0375. The monoisotopic (exact) mass is 618 g/mol. The molecule has 11 nitrogen and oxygen atoms in total. The number of nitrogens with zero attached hydrogens (tertiary/aromatic N) is 3. The van der Waals surface area contributed by atoms with Crippen molar-refractivity contribution in [1.29, 1.82) is 0 Å². The molecule has 0 unspecified atom stereocenters. The Morgan fingerprint density at radius 3 is 2.29 bits per heavy atom. The summed E-state index contributed by atoms with van der Waals surface area (Å²) in [5, 5.41) is 3.74. The maximum Gasteiger partial charge on any atom is 0.306 e. The van der Waals surface area contributed by atoms with Crippen LogP contribution in [0.15, 0.2) is 47.5 Å². The van der Waals surface area contributed by atoms with Gasteiger partial charge in [-0.15, -0.1) is 5.06 Å². The van der Waals surface area contributed by atoms with E-state index in [2.05, 4.69) is 10.2 Å². The molecule has 1 N–H and O–H groups in total. The summed E-state index contributed by atoms with van der Waals surface area (Å²) in [4.78, 5) is 61.8. The average molecular weight is 619 g/mol. The number of benzene rings is 2. The molecule has 3 aliphatic rings. The van der Waals surface area contributed by atoms with Crippen LogP contribution in [-0.4, -0.2) is 71.0 Å². The van der Waals surface area contributed by atoms with Crippen molar-refractivity contribution in [2.24, 2.45) is 10.9 Å². The predicted molar refractivity (Wildman–Crippen MR) is 166 cm³/mol. The Labute approximate surface area is 263 Å². The van der Waals surface area contributed by atoms with E-state index >= 15 is 0 Å². The third-order valence-corrected chi connectivity index (χ3v) is 8.10. The lowest BCUT2D eigenvalue weighted by Crippen LogP contribution is -2.46. The Morgan fingerprint density at radius 1 is 0.956 bits per heavy atom. The number of amides is 3. The Balaban J connectivity index is 1.12. The summed E-state index contributed by atoms with van der Waals surface area (Å²) in [6.07, 6.45) is 4.70. The van der Waals surface area contributed by atoms with Crippen LogP contribution in [0.1, 0.15) is 91.6 Å². The fourth-order valence-corrected chi connectivity index (χ4v) is 5.99. The molecule has 2 aromatic rings. The van der Waals surface area contributed by atoms with Crippen molar-refractivity contribution in [3.63, 3.8) is 0 Å². The van der Waals surface area contributed by atoms with Gasteiger partial charge in [0.2, 0.25) is 11.9 Å². The molecule has 0 spiro atoms. The van der Waals surface area contributed by atoms with Crippen LogP contribution in [-0.2, 0) is 32.1 Å². The number of imide groups is 1. The second kappa shape index (κ2) is 13.8. The average Bonchev–Trinajstić information content (AvgIpc) is 3.23. The van der Waals surface area contributed by atoms with Gasteiger partial charge in [-0.05, 0) is 94.2 Å². The summed E-state index contributed by atoms with van der Waals surface area (Å²) in [6, 6.07) is 12.6. The molecule has 0 aromatic heterocycles. The summed E-state index contributed by atoms with van der Waals surface area (Å²) < 4.78 is 11.4. The van der Waals surface area contributed by atoms with Crippen LogP contribution in [0.4, 0.5) is 0 Å². The first-order valence-electron chi connectivity index (χ1n) is 15.6. The minimum atomic E-state index is -0.477. The lowest BCUT2D eigenvalue weighted by Gasteiger charge is -2.33. The molecule has 3 amide bonds. The molecule has 45 heavy (non-hydrogen) atoms. The Morgan fingerprint density at radius 2 is 1.64 bits per heavy atom.